The zero-order chi connectivity index (χ0) is 34.8. The third-order valence-corrected chi connectivity index (χ3v) is 7.74. The van der Waals surface area contributed by atoms with Gasteiger partial charge in [-0.3, -0.25) is 13.9 Å². The smallest absolute Gasteiger partial charge is 0.454 e. The minimum absolute atomic E-state index is 0.0650. The van der Waals surface area contributed by atoms with E-state index in [2.05, 4.69) is 50.8 Å². The van der Waals surface area contributed by atoms with Crippen LogP contribution in [0.15, 0.2) is 17.1 Å². The first-order chi connectivity index (χ1) is 21.4. The predicted octanol–water partition coefficient (Wildman–Crippen LogP) is 4.86. The van der Waals surface area contributed by atoms with E-state index in [9.17, 15) is 23.8 Å². The van der Waals surface area contributed by atoms with Crippen LogP contribution in [0.25, 0.3) is 0 Å². The molecule has 1 saturated heterocycles. The number of phosphoric acid groups is 1. The van der Waals surface area contributed by atoms with Crippen LogP contribution in [-0.2, 0) is 37.4 Å². The van der Waals surface area contributed by atoms with Gasteiger partial charge in [0.1, 0.15) is 12.0 Å². The van der Waals surface area contributed by atoms with Crippen molar-refractivity contribution in [1.82, 2.24) is 14.9 Å². The van der Waals surface area contributed by atoms with Crippen molar-refractivity contribution >= 4 is 38.2 Å². The molecule has 5 unspecified atom stereocenters. The van der Waals surface area contributed by atoms with Gasteiger partial charge in [0.15, 0.2) is 6.61 Å². The van der Waals surface area contributed by atoms with E-state index in [0.717, 1.165) is 0 Å². The van der Waals surface area contributed by atoms with Gasteiger partial charge >= 0.3 is 25.5 Å². The second kappa shape index (κ2) is 27.1. The Balaban J connectivity index is 0. The summed E-state index contributed by atoms with van der Waals surface area (Å²) in [6, 6.07) is 1.44. The average molecular weight is 685 g/mol. The number of carbonyl (C=O) groups excluding carboxylic acids is 2. The van der Waals surface area contributed by atoms with Gasteiger partial charge in [0.25, 0.3) is 0 Å². The molecule has 0 aliphatic carbocycles. The topological polar surface area (TPSA) is 191 Å². The number of esters is 2. The summed E-state index contributed by atoms with van der Waals surface area (Å²) in [5.41, 5.74) is 4.88. The van der Waals surface area contributed by atoms with Gasteiger partial charge in [-0.2, -0.15) is 17.6 Å². The highest BCUT2D eigenvalue weighted by molar-refractivity contribution is 7.81. The zero-order valence-corrected chi connectivity index (χ0v) is 30.0. The molecule has 14 nitrogen and oxygen atoms in total. The number of carbonyl (C=O) groups is 2. The van der Waals surface area contributed by atoms with E-state index in [1.165, 1.54) is 55.4 Å². The molecule has 16 heteroatoms. The van der Waals surface area contributed by atoms with Gasteiger partial charge in [0.05, 0.1) is 19.1 Å². The Bertz CT molecular complexity index is 1030. The fourth-order valence-corrected chi connectivity index (χ4v) is 4.56. The monoisotopic (exact) mass is 684 g/mol. The molecular formula is C29H57N4O10PS. The maximum atomic E-state index is 12.1. The molecule has 5 atom stereocenters. The van der Waals surface area contributed by atoms with Gasteiger partial charge in [0.2, 0.25) is 6.79 Å². The molecule has 264 valence electrons. The van der Waals surface area contributed by atoms with Crippen molar-refractivity contribution in [3.63, 3.8) is 0 Å². The van der Waals surface area contributed by atoms with Gasteiger partial charge in [-0.15, -0.1) is 0 Å². The Labute approximate surface area is 274 Å². The summed E-state index contributed by atoms with van der Waals surface area (Å²) in [5.74, 6) is -1.79. The van der Waals surface area contributed by atoms with Gasteiger partial charge in [-0.1, -0.05) is 87.0 Å². The molecule has 0 spiro atoms. The lowest BCUT2D eigenvalue weighted by molar-refractivity contribution is -0.163. The maximum absolute atomic E-state index is 12.1. The highest BCUT2D eigenvalue weighted by Crippen LogP contribution is 2.45. The molecule has 1 fully saturated rings. The van der Waals surface area contributed by atoms with Crippen molar-refractivity contribution in [3.8, 4) is 0 Å². The van der Waals surface area contributed by atoms with Crippen molar-refractivity contribution in [2.24, 2.45) is 5.92 Å². The third kappa shape index (κ3) is 20.0. The zero-order valence-electron chi connectivity index (χ0n) is 28.2. The molecule has 0 radical (unpaired) electrons. The molecular weight excluding hydrogens is 627 g/mol. The van der Waals surface area contributed by atoms with E-state index in [1.807, 2.05) is 27.7 Å². The average Bonchev–Trinajstić information content (AvgIpc) is 3.31. The largest absolute Gasteiger partial charge is 0.475 e. The molecule has 0 amide bonds. The van der Waals surface area contributed by atoms with Crippen LogP contribution >= 0.6 is 20.5 Å². The Morgan fingerprint density at radius 3 is 2.22 bits per heavy atom. The molecule has 0 aromatic carbocycles. The molecule has 2 rings (SSSR count). The molecule has 1 aliphatic rings. The number of rotatable bonds is 17. The Morgan fingerprint density at radius 1 is 1.09 bits per heavy atom. The van der Waals surface area contributed by atoms with E-state index >= 15 is 0 Å². The molecule has 1 aliphatic heterocycles. The predicted molar refractivity (Wildman–Crippen MR) is 178 cm³/mol. The Morgan fingerprint density at radius 2 is 1.69 bits per heavy atom. The first-order valence-corrected chi connectivity index (χ1v) is 17.7. The van der Waals surface area contributed by atoms with E-state index in [1.54, 1.807) is 14.0 Å². The quantitative estimate of drug-likeness (QED) is 0.0572. The van der Waals surface area contributed by atoms with Gasteiger partial charge in [-0.05, 0) is 13.1 Å². The van der Waals surface area contributed by atoms with Gasteiger partial charge in [-0.25, -0.2) is 18.7 Å². The molecule has 2 heterocycles. The SMILES string of the molecule is CC.CC.CCCCCCCC.CNCCC(=O)OCC(=O)OCOP(=O)(O)OCC1OC(n2ccc(N)nc2=O)C(C)C1S. The van der Waals surface area contributed by atoms with Crippen LogP contribution < -0.4 is 16.7 Å². The molecule has 1 aromatic rings. The number of ether oxygens (including phenoxy) is 3. The van der Waals surface area contributed by atoms with Crippen molar-refractivity contribution < 1.29 is 42.3 Å². The molecule has 4 N–H and O–H groups in total. The van der Waals surface area contributed by atoms with Crippen LogP contribution in [-0.4, -0.2) is 71.3 Å². The number of nitrogen functional groups attached to an aromatic ring is 1. The van der Waals surface area contributed by atoms with E-state index in [4.69, 9.17) is 15.0 Å². The molecule has 1 aromatic heterocycles. The van der Waals surface area contributed by atoms with E-state index in [0.29, 0.717) is 6.54 Å². The number of nitrogens with one attached hydrogen (secondary N) is 1. The van der Waals surface area contributed by atoms with Crippen LogP contribution in [0.3, 0.4) is 0 Å². The lowest BCUT2D eigenvalue weighted by atomic mass is 10.1. The number of unbranched alkanes of at least 4 members (excludes halogenated alkanes) is 5. The summed E-state index contributed by atoms with van der Waals surface area (Å²) in [6.07, 6.45) is 8.49. The first-order valence-electron chi connectivity index (χ1n) is 15.7. The summed E-state index contributed by atoms with van der Waals surface area (Å²) in [5, 5.41) is 2.29. The van der Waals surface area contributed by atoms with Crippen LogP contribution in [0.2, 0.25) is 0 Å². The first kappa shape index (κ1) is 45.1. The number of aromatic nitrogens is 2. The van der Waals surface area contributed by atoms with Crippen molar-refractivity contribution in [2.45, 2.75) is 111 Å². The van der Waals surface area contributed by atoms with E-state index < -0.39 is 63.0 Å². The molecule has 0 saturated carbocycles. The van der Waals surface area contributed by atoms with Crippen molar-refractivity contribution in [3.05, 3.63) is 22.7 Å². The number of hydrogen-bond acceptors (Lipinski definition) is 13. The van der Waals surface area contributed by atoms with Crippen molar-refractivity contribution in [1.29, 1.82) is 0 Å². The fourth-order valence-electron chi connectivity index (χ4n) is 3.66. The van der Waals surface area contributed by atoms with Crippen LogP contribution in [0.5, 0.6) is 0 Å². The highest BCUT2D eigenvalue weighted by atomic mass is 32.1. The second-order valence-electron chi connectivity index (χ2n) is 9.41. The lowest BCUT2D eigenvalue weighted by Crippen LogP contribution is -2.30. The van der Waals surface area contributed by atoms with Crippen LogP contribution in [0.4, 0.5) is 5.82 Å². The summed E-state index contributed by atoms with van der Waals surface area (Å²) in [6.45, 7) is 12.7. The Hall–Kier alpha value is -2.00. The third-order valence-electron chi connectivity index (χ3n) is 6.03. The normalized spacial score (nSPS) is 19.8. The number of phosphoric ester groups is 1. The Kier molecular flexibility index (Phi) is 27.2. The summed E-state index contributed by atoms with van der Waals surface area (Å²) >= 11 is 4.44. The second-order valence-corrected chi connectivity index (χ2v) is 11.5. The summed E-state index contributed by atoms with van der Waals surface area (Å²) in [7, 11) is -2.96. The minimum atomic E-state index is -4.61. The molecule has 0 bridgehead atoms. The number of anilines is 1. The van der Waals surface area contributed by atoms with E-state index in [-0.39, 0.29) is 18.2 Å². The number of nitrogens with two attached hydrogens (primary N) is 1. The van der Waals surface area contributed by atoms with Gasteiger partial charge < -0.3 is 30.2 Å². The highest BCUT2D eigenvalue weighted by Gasteiger charge is 2.42. The number of hydrogen-bond donors (Lipinski definition) is 4. The minimum Gasteiger partial charge on any atom is -0.454 e. The van der Waals surface area contributed by atoms with Crippen LogP contribution in [0.1, 0.15) is 99.6 Å². The van der Waals surface area contributed by atoms with Crippen LogP contribution in [0, 0.1) is 5.92 Å². The molecule has 45 heavy (non-hydrogen) atoms. The number of nitrogens with zero attached hydrogens (tertiary/aromatic N) is 2. The fraction of sp³-hybridized carbons (Fsp3) is 0.793. The summed E-state index contributed by atoms with van der Waals surface area (Å²) in [4.78, 5) is 48.3. The summed E-state index contributed by atoms with van der Waals surface area (Å²) < 4.78 is 37.7. The number of thiol groups is 1. The standard InChI is InChI=1S/C17H27N4O10PS.C8H18.2C2H6/c1-10-15(33)11(31-16(10)21-6-4-12(18)20-17(21)24)7-29-32(25,26)30-9-28-14(23)8-27-13(22)3-5-19-2;1-3-5-7-8-6-4-2;2*1-2/h4,6,10-11,15-16,19,33H,3,5,7-9H2,1-2H3,(H,25,26)(H2,18,20,24);3-8H2,1-2H3;2*1-2H3. The lowest BCUT2D eigenvalue weighted by Gasteiger charge is -2.18. The van der Waals surface area contributed by atoms with Crippen molar-refractivity contribution in [2.75, 3.05) is 39.3 Å². The van der Waals surface area contributed by atoms with Gasteiger partial charge in [0, 0.05) is 23.9 Å². The maximum Gasteiger partial charge on any atom is 0.475 e.